The highest BCUT2D eigenvalue weighted by Crippen LogP contribution is 2.38. The van der Waals surface area contributed by atoms with Gasteiger partial charge in [-0.25, -0.2) is 0 Å². The first kappa shape index (κ1) is 13.0. The van der Waals surface area contributed by atoms with Crippen LogP contribution < -0.4 is 10.0 Å². The predicted molar refractivity (Wildman–Crippen MR) is 81.1 cm³/mol. The Kier molecular flexibility index (Phi) is 2.58. The topological polar surface area (TPSA) is 72.2 Å². The summed E-state index contributed by atoms with van der Waals surface area (Å²) in [4.78, 5) is 22.7. The molecule has 0 bridgehead atoms. The number of nitrogens with one attached hydrogen (secondary N) is 1. The summed E-state index contributed by atoms with van der Waals surface area (Å²) in [5.41, 5.74) is 6.71. The van der Waals surface area contributed by atoms with Gasteiger partial charge >= 0.3 is 5.91 Å². The number of nitrogens with zero attached hydrogens (tertiary/aromatic N) is 2. The van der Waals surface area contributed by atoms with Crippen molar-refractivity contribution >= 4 is 17.3 Å². The van der Waals surface area contributed by atoms with Crippen LogP contribution in [0.1, 0.15) is 21.5 Å². The SMILES string of the molecule is O=C1N[N+]2(CCc3ccccc3C2)c2ccc([N+](=O)[O-])cc21. The minimum atomic E-state index is -0.471. The molecular weight excluding hydrogens is 282 g/mol. The van der Waals surface area contributed by atoms with Crippen LogP contribution >= 0.6 is 0 Å². The van der Waals surface area contributed by atoms with Gasteiger partial charge in [-0.05, 0) is 5.56 Å². The Balaban J connectivity index is 1.81. The standard InChI is InChI=1S/C16H13N3O3/c20-16-14-9-13(18(21)22)5-6-15(14)19(17-16)8-7-11-3-1-2-4-12(11)10-19/h1-6,9H,7-8,10H2/p+1. The molecule has 0 aliphatic carbocycles. The van der Waals surface area contributed by atoms with E-state index in [1.165, 1.54) is 23.3 Å². The van der Waals surface area contributed by atoms with Crippen LogP contribution in [-0.4, -0.2) is 17.4 Å². The van der Waals surface area contributed by atoms with Crippen molar-refractivity contribution in [2.24, 2.45) is 0 Å². The molecule has 0 saturated carbocycles. The smallest absolute Gasteiger partial charge is 0.264 e. The van der Waals surface area contributed by atoms with Crippen LogP contribution in [0, 0.1) is 10.1 Å². The van der Waals surface area contributed by atoms with Gasteiger partial charge in [0.15, 0.2) is 5.69 Å². The van der Waals surface area contributed by atoms with Gasteiger partial charge in [0.25, 0.3) is 5.69 Å². The summed E-state index contributed by atoms with van der Waals surface area (Å²) in [6.45, 7) is 1.43. The van der Waals surface area contributed by atoms with Gasteiger partial charge in [-0.15, -0.1) is 0 Å². The second-order valence-electron chi connectivity index (χ2n) is 5.77. The number of carbonyl (C=O) groups is 1. The molecule has 0 saturated heterocycles. The predicted octanol–water partition coefficient (Wildman–Crippen LogP) is 2.32. The Bertz CT molecular complexity index is 818. The molecule has 1 spiro atoms. The zero-order valence-corrected chi connectivity index (χ0v) is 11.8. The maximum absolute atomic E-state index is 12.3. The van der Waals surface area contributed by atoms with Crippen molar-refractivity contribution < 1.29 is 9.72 Å². The van der Waals surface area contributed by atoms with E-state index in [2.05, 4.69) is 17.6 Å². The maximum Gasteiger partial charge on any atom is 0.302 e. The molecule has 1 N–H and O–H groups in total. The molecule has 2 aromatic carbocycles. The number of carbonyl (C=O) groups excluding carboxylic acids is 1. The summed E-state index contributed by atoms with van der Waals surface area (Å²) in [5, 5.41) is 10.9. The summed E-state index contributed by atoms with van der Waals surface area (Å²) in [6.07, 6.45) is 0.868. The van der Waals surface area contributed by atoms with Gasteiger partial charge in [-0.3, -0.25) is 14.9 Å². The van der Waals surface area contributed by atoms with Gasteiger partial charge in [0, 0.05) is 30.2 Å². The van der Waals surface area contributed by atoms with Gasteiger partial charge in [0.1, 0.15) is 18.7 Å². The van der Waals surface area contributed by atoms with Crippen LogP contribution in [0.5, 0.6) is 0 Å². The molecule has 2 aliphatic rings. The fourth-order valence-corrected chi connectivity index (χ4v) is 3.45. The summed E-state index contributed by atoms with van der Waals surface area (Å²) >= 11 is 0. The van der Waals surface area contributed by atoms with Crippen LogP contribution in [0.3, 0.4) is 0 Å². The second-order valence-corrected chi connectivity index (χ2v) is 5.77. The first-order valence-electron chi connectivity index (χ1n) is 7.15. The van der Waals surface area contributed by atoms with Gasteiger partial charge in [0.2, 0.25) is 0 Å². The highest BCUT2D eigenvalue weighted by atomic mass is 16.6. The minimum absolute atomic E-state index is 0.0497. The van der Waals surface area contributed by atoms with Gasteiger partial charge in [-0.1, -0.05) is 24.3 Å². The van der Waals surface area contributed by atoms with Crippen LogP contribution in [0.25, 0.3) is 0 Å². The van der Waals surface area contributed by atoms with E-state index >= 15 is 0 Å². The Labute approximate surface area is 126 Å². The molecule has 22 heavy (non-hydrogen) atoms. The molecule has 6 heteroatoms. The van der Waals surface area contributed by atoms with E-state index in [0.29, 0.717) is 16.7 Å². The highest BCUT2D eigenvalue weighted by molar-refractivity contribution is 6.04. The molecule has 1 atom stereocenters. The van der Waals surface area contributed by atoms with E-state index in [4.69, 9.17) is 0 Å². The third-order valence-corrected chi connectivity index (χ3v) is 4.53. The second kappa shape index (κ2) is 4.38. The lowest BCUT2D eigenvalue weighted by molar-refractivity contribution is -0.384. The normalized spacial score (nSPS) is 22.1. The molecule has 110 valence electrons. The van der Waals surface area contributed by atoms with Crippen molar-refractivity contribution in [1.29, 1.82) is 0 Å². The van der Waals surface area contributed by atoms with Gasteiger partial charge < -0.3 is 0 Å². The fraction of sp³-hybridized carbons (Fsp3) is 0.188. The molecule has 2 heterocycles. The molecule has 0 radical (unpaired) electrons. The summed E-state index contributed by atoms with van der Waals surface area (Å²) < 4.78 is 0.350. The molecule has 6 nitrogen and oxygen atoms in total. The van der Waals surface area contributed by atoms with Crippen molar-refractivity contribution in [1.82, 2.24) is 10.0 Å². The van der Waals surface area contributed by atoms with Crippen LogP contribution in [0.15, 0.2) is 42.5 Å². The largest absolute Gasteiger partial charge is 0.302 e. The van der Waals surface area contributed by atoms with Gasteiger partial charge in [0.05, 0.1) is 4.92 Å². The Morgan fingerprint density at radius 3 is 2.68 bits per heavy atom. The number of benzene rings is 2. The van der Waals surface area contributed by atoms with Crippen molar-refractivity contribution in [2.75, 3.05) is 6.54 Å². The van der Waals surface area contributed by atoms with Crippen molar-refractivity contribution in [3.8, 4) is 0 Å². The third kappa shape index (κ3) is 1.74. The molecule has 0 aromatic heterocycles. The quantitative estimate of drug-likeness (QED) is 0.498. The number of rotatable bonds is 1. The zero-order valence-electron chi connectivity index (χ0n) is 11.8. The molecule has 2 aromatic rings. The molecule has 1 unspecified atom stereocenters. The van der Waals surface area contributed by atoms with Crippen molar-refractivity contribution in [3.05, 3.63) is 69.3 Å². The summed E-state index contributed by atoms with van der Waals surface area (Å²) in [7, 11) is 0. The Morgan fingerprint density at radius 1 is 1.14 bits per heavy atom. The van der Waals surface area contributed by atoms with E-state index in [0.717, 1.165) is 18.7 Å². The maximum atomic E-state index is 12.3. The molecule has 1 amide bonds. The average Bonchev–Trinajstić information content (AvgIpc) is 2.79. The van der Waals surface area contributed by atoms with Crippen molar-refractivity contribution in [2.45, 2.75) is 13.0 Å². The van der Waals surface area contributed by atoms with E-state index < -0.39 is 4.92 Å². The third-order valence-electron chi connectivity index (χ3n) is 4.53. The van der Waals surface area contributed by atoms with Gasteiger partial charge in [-0.2, -0.15) is 10.0 Å². The van der Waals surface area contributed by atoms with Crippen LogP contribution in [0.4, 0.5) is 11.4 Å². The van der Waals surface area contributed by atoms with Crippen LogP contribution in [-0.2, 0) is 13.0 Å². The molecule has 0 fully saturated rings. The Morgan fingerprint density at radius 2 is 1.91 bits per heavy atom. The molecule has 2 aliphatic heterocycles. The number of hydrogen-bond donors (Lipinski definition) is 1. The highest BCUT2D eigenvalue weighted by Gasteiger charge is 2.46. The van der Waals surface area contributed by atoms with E-state index in [9.17, 15) is 14.9 Å². The van der Waals surface area contributed by atoms with E-state index in [1.807, 2.05) is 12.1 Å². The van der Waals surface area contributed by atoms with E-state index in [1.54, 1.807) is 6.07 Å². The number of hydrogen-bond acceptors (Lipinski definition) is 3. The van der Waals surface area contributed by atoms with Crippen LogP contribution in [0.2, 0.25) is 0 Å². The number of nitro benzene ring substituents is 1. The minimum Gasteiger partial charge on any atom is -0.264 e. The van der Waals surface area contributed by atoms with E-state index in [-0.39, 0.29) is 11.6 Å². The number of nitro groups is 1. The fourth-order valence-electron chi connectivity index (χ4n) is 3.45. The first-order chi connectivity index (χ1) is 10.6. The average molecular weight is 296 g/mol. The monoisotopic (exact) mass is 296 g/mol. The number of fused-ring (bicyclic) bond motifs is 3. The summed E-state index contributed by atoms with van der Waals surface area (Å²) in [5.74, 6) is -0.238. The van der Waals surface area contributed by atoms with Crippen molar-refractivity contribution in [3.63, 3.8) is 0 Å². The lowest BCUT2D eigenvalue weighted by atomic mass is 9.98. The summed E-state index contributed by atoms with van der Waals surface area (Å²) in [6, 6.07) is 12.8. The first-order valence-corrected chi connectivity index (χ1v) is 7.15. The number of quaternary nitrogens is 1. The lowest BCUT2D eigenvalue weighted by Crippen LogP contribution is -2.59. The number of non-ortho nitro benzene ring substituents is 1. The zero-order chi connectivity index (χ0) is 15.3. The number of amides is 1. The lowest BCUT2D eigenvalue weighted by Gasteiger charge is -2.36. The molecular formula is C16H14N3O3+. The Hall–Kier alpha value is -2.73. The molecule has 4 rings (SSSR count).